The predicted octanol–water partition coefficient (Wildman–Crippen LogP) is 2.89. The zero-order valence-electron chi connectivity index (χ0n) is 8.61. The number of nitrogens with zero attached hydrogens (tertiary/aromatic N) is 1. The second kappa shape index (κ2) is 4.53. The maximum atomic E-state index is 12.2. The van der Waals surface area contributed by atoms with E-state index < -0.39 is 12.5 Å². The topological polar surface area (TPSA) is 38.9 Å². The van der Waals surface area contributed by atoms with Gasteiger partial charge < -0.3 is 5.73 Å². The third-order valence-electron chi connectivity index (χ3n) is 2.43. The van der Waals surface area contributed by atoms with E-state index in [0.717, 1.165) is 10.9 Å². The first-order valence-corrected chi connectivity index (χ1v) is 5.06. The van der Waals surface area contributed by atoms with E-state index in [4.69, 9.17) is 5.73 Å². The normalized spacial score (nSPS) is 13.2. The highest BCUT2D eigenvalue weighted by molar-refractivity contribution is 5.78. The van der Waals surface area contributed by atoms with Gasteiger partial charge in [-0.15, -0.1) is 0 Å². The molecular weight excluding hydrogens is 210 g/mol. The Kier molecular flexibility index (Phi) is 3.10. The molecule has 1 aromatic carbocycles. The van der Waals surface area contributed by atoms with Gasteiger partial charge in [-0.05, 0) is 12.1 Å². The fourth-order valence-corrected chi connectivity index (χ4v) is 1.60. The molecule has 0 saturated carbocycles. The molecule has 1 aromatic heterocycles. The number of para-hydroxylation sites is 1. The molecule has 4 heteroatoms. The number of aromatic nitrogens is 1. The minimum atomic E-state index is -2.40. The molecule has 2 rings (SSSR count). The molecular formula is C12H12F2N2. The molecule has 0 radical (unpaired) electrons. The summed E-state index contributed by atoms with van der Waals surface area (Å²) in [7, 11) is 0. The Hall–Kier alpha value is -1.55. The summed E-state index contributed by atoms with van der Waals surface area (Å²) in [5, 5.41) is 0.982. The van der Waals surface area contributed by atoms with Crippen LogP contribution in [0.15, 0.2) is 36.4 Å². The van der Waals surface area contributed by atoms with Gasteiger partial charge in [-0.1, -0.05) is 24.3 Å². The van der Waals surface area contributed by atoms with Crippen LogP contribution in [0.5, 0.6) is 0 Å². The number of benzene rings is 1. The minimum Gasteiger partial charge on any atom is -0.322 e. The second-order valence-corrected chi connectivity index (χ2v) is 3.66. The number of rotatable bonds is 3. The van der Waals surface area contributed by atoms with E-state index >= 15 is 0 Å². The molecule has 1 atom stereocenters. The van der Waals surface area contributed by atoms with Crippen molar-refractivity contribution in [2.45, 2.75) is 18.9 Å². The first-order valence-electron chi connectivity index (χ1n) is 5.06. The quantitative estimate of drug-likeness (QED) is 0.867. The van der Waals surface area contributed by atoms with Crippen LogP contribution in [0.1, 0.15) is 18.2 Å². The van der Waals surface area contributed by atoms with E-state index in [0.29, 0.717) is 5.69 Å². The standard InChI is InChI=1S/C12H12F2N2/c13-12(14)7-9(15)11-6-5-8-3-1-2-4-10(8)16-11/h1-6,9,12H,7,15H2/t9-/m1/s1. The van der Waals surface area contributed by atoms with Crippen LogP contribution in [0.2, 0.25) is 0 Å². The summed E-state index contributed by atoms with van der Waals surface area (Å²) in [5.41, 5.74) is 6.94. The molecule has 84 valence electrons. The van der Waals surface area contributed by atoms with Crippen LogP contribution in [0.4, 0.5) is 8.78 Å². The van der Waals surface area contributed by atoms with Crippen molar-refractivity contribution in [3.05, 3.63) is 42.1 Å². The lowest BCUT2D eigenvalue weighted by Crippen LogP contribution is -2.15. The summed E-state index contributed by atoms with van der Waals surface area (Å²) in [6.07, 6.45) is -2.76. The number of halogens is 2. The Labute approximate surface area is 92.1 Å². The van der Waals surface area contributed by atoms with Gasteiger partial charge in [0.25, 0.3) is 0 Å². The average Bonchev–Trinajstić information content (AvgIpc) is 2.27. The lowest BCUT2D eigenvalue weighted by atomic mass is 10.1. The van der Waals surface area contributed by atoms with Gasteiger partial charge in [0.2, 0.25) is 6.43 Å². The van der Waals surface area contributed by atoms with Gasteiger partial charge in [0.1, 0.15) is 0 Å². The van der Waals surface area contributed by atoms with Crippen molar-refractivity contribution in [1.82, 2.24) is 4.98 Å². The fourth-order valence-electron chi connectivity index (χ4n) is 1.60. The SMILES string of the molecule is N[C@H](CC(F)F)c1ccc2ccccc2n1. The summed E-state index contributed by atoms with van der Waals surface area (Å²) in [4.78, 5) is 4.27. The van der Waals surface area contributed by atoms with Crippen molar-refractivity contribution in [3.63, 3.8) is 0 Å². The largest absolute Gasteiger partial charge is 0.322 e. The van der Waals surface area contributed by atoms with E-state index in [1.165, 1.54) is 0 Å². The summed E-state index contributed by atoms with van der Waals surface area (Å²) in [6.45, 7) is 0. The van der Waals surface area contributed by atoms with Crippen LogP contribution in [0.25, 0.3) is 10.9 Å². The molecule has 16 heavy (non-hydrogen) atoms. The smallest absolute Gasteiger partial charge is 0.240 e. The first kappa shape index (κ1) is 11.0. The highest BCUT2D eigenvalue weighted by Gasteiger charge is 2.14. The molecule has 0 bridgehead atoms. The molecule has 0 saturated heterocycles. The predicted molar refractivity (Wildman–Crippen MR) is 59.3 cm³/mol. The molecule has 0 aliphatic heterocycles. The van der Waals surface area contributed by atoms with Gasteiger partial charge >= 0.3 is 0 Å². The monoisotopic (exact) mass is 222 g/mol. The van der Waals surface area contributed by atoms with Crippen LogP contribution >= 0.6 is 0 Å². The lowest BCUT2D eigenvalue weighted by molar-refractivity contribution is 0.128. The number of nitrogens with two attached hydrogens (primary N) is 1. The van der Waals surface area contributed by atoms with Crippen LogP contribution in [0, 0.1) is 0 Å². The molecule has 2 aromatic rings. The maximum absolute atomic E-state index is 12.2. The number of fused-ring (bicyclic) bond motifs is 1. The molecule has 1 heterocycles. The summed E-state index contributed by atoms with van der Waals surface area (Å²) < 4.78 is 24.4. The molecule has 0 fully saturated rings. The third-order valence-corrected chi connectivity index (χ3v) is 2.43. The third kappa shape index (κ3) is 2.33. The van der Waals surface area contributed by atoms with Crippen molar-refractivity contribution in [2.24, 2.45) is 5.73 Å². The van der Waals surface area contributed by atoms with Crippen molar-refractivity contribution in [3.8, 4) is 0 Å². The van der Waals surface area contributed by atoms with Crippen LogP contribution < -0.4 is 5.73 Å². The number of alkyl halides is 2. The average molecular weight is 222 g/mol. The van der Waals surface area contributed by atoms with E-state index in [-0.39, 0.29) is 6.42 Å². The Morgan fingerprint density at radius 3 is 2.62 bits per heavy atom. The maximum Gasteiger partial charge on any atom is 0.240 e. The van der Waals surface area contributed by atoms with Gasteiger partial charge in [0.15, 0.2) is 0 Å². The molecule has 0 unspecified atom stereocenters. The van der Waals surface area contributed by atoms with Crippen molar-refractivity contribution >= 4 is 10.9 Å². The summed E-state index contributed by atoms with van der Waals surface area (Å²) in [5.74, 6) is 0. The van der Waals surface area contributed by atoms with E-state index in [2.05, 4.69) is 4.98 Å². The number of hydrogen-bond acceptors (Lipinski definition) is 2. The highest BCUT2D eigenvalue weighted by Crippen LogP contribution is 2.19. The first-order chi connectivity index (χ1) is 7.66. The fraction of sp³-hybridized carbons (Fsp3) is 0.250. The van der Waals surface area contributed by atoms with Gasteiger partial charge in [0, 0.05) is 11.8 Å². The Morgan fingerprint density at radius 1 is 1.12 bits per heavy atom. The van der Waals surface area contributed by atoms with Gasteiger partial charge in [-0.2, -0.15) is 0 Å². The summed E-state index contributed by atoms with van der Waals surface area (Å²) >= 11 is 0. The molecule has 0 spiro atoms. The second-order valence-electron chi connectivity index (χ2n) is 3.66. The highest BCUT2D eigenvalue weighted by atomic mass is 19.3. The van der Waals surface area contributed by atoms with Crippen LogP contribution in [-0.4, -0.2) is 11.4 Å². The number of hydrogen-bond donors (Lipinski definition) is 1. The van der Waals surface area contributed by atoms with E-state index in [1.807, 2.05) is 30.3 Å². The molecule has 0 aliphatic carbocycles. The Morgan fingerprint density at radius 2 is 1.88 bits per heavy atom. The Bertz CT molecular complexity index is 485. The minimum absolute atomic E-state index is 0.356. The van der Waals surface area contributed by atoms with Crippen molar-refractivity contribution in [2.75, 3.05) is 0 Å². The van der Waals surface area contributed by atoms with Gasteiger partial charge in [0.05, 0.1) is 17.3 Å². The number of pyridine rings is 1. The molecule has 2 N–H and O–H groups in total. The zero-order valence-corrected chi connectivity index (χ0v) is 8.61. The van der Waals surface area contributed by atoms with Crippen molar-refractivity contribution < 1.29 is 8.78 Å². The van der Waals surface area contributed by atoms with E-state index in [9.17, 15) is 8.78 Å². The molecule has 0 aliphatic rings. The zero-order chi connectivity index (χ0) is 11.5. The summed E-state index contributed by atoms with van der Waals surface area (Å²) in [6, 6.07) is 10.4. The van der Waals surface area contributed by atoms with Gasteiger partial charge in [-0.25, -0.2) is 8.78 Å². The van der Waals surface area contributed by atoms with Crippen LogP contribution in [-0.2, 0) is 0 Å². The van der Waals surface area contributed by atoms with Gasteiger partial charge in [-0.3, -0.25) is 4.98 Å². The molecule has 0 amide bonds. The van der Waals surface area contributed by atoms with E-state index in [1.54, 1.807) is 6.07 Å². The van der Waals surface area contributed by atoms with Crippen molar-refractivity contribution in [1.29, 1.82) is 0 Å². The molecule has 2 nitrogen and oxygen atoms in total. The lowest BCUT2D eigenvalue weighted by Gasteiger charge is -2.10. The Balaban J connectivity index is 2.32. The van der Waals surface area contributed by atoms with Crippen LogP contribution in [0.3, 0.4) is 0 Å².